The van der Waals surface area contributed by atoms with Crippen molar-refractivity contribution in [1.29, 1.82) is 0 Å². The lowest BCUT2D eigenvalue weighted by atomic mass is 10.2. The number of thiocarbonyl (C=S) groups is 1. The fraction of sp³-hybridized carbons (Fsp3) is 0.600. The largest absolute Gasteiger partial charge is 0.376 e. The molecule has 1 aromatic heterocycles. The molecule has 0 bridgehead atoms. The third kappa shape index (κ3) is 3.83. The maximum absolute atomic E-state index is 5.61. The van der Waals surface area contributed by atoms with Gasteiger partial charge in [-0.1, -0.05) is 6.07 Å². The average molecular weight is 307 g/mol. The van der Waals surface area contributed by atoms with Crippen LogP contribution in [-0.4, -0.2) is 55.4 Å². The highest BCUT2D eigenvalue weighted by Gasteiger charge is 2.25. The molecule has 0 aliphatic carbocycles. The standard InChI is InChI=1S/C15H22N4OS/c21-15(17-12-13-4-3-11-20-13)19-9-7-18(8-10-19)14-5-1-2-6-16-14/h1-2,5-6,13H,3-4,7-12H2,(H,17,21)/p+1. The Labute approximate surface area is 131 Å². The van der Waals surface area contributed by atoms with Crippen LogP contribution in [0.1, 0.15) is 12.8 Å². The number of H-pyrrole nitrogens is 1. The van der Waals surface area contributed by atoms with Gasteiger partial charge in [0.25, 0.3) is 5.82 Å². The minimum absolute atomic E-state index is 0.336. The van der Waals surface area contributed by atoms with E-state index >= 15 is 0 Å². The van der Waals surface area contributed by atoms with E-state index in [2.05, 4.69) is 32.2 Å². The number of rotatable bonds is 3. The van der Waals surface area contributed by atoms with Crippen LogP contribution in [0.4, 0.5) is 5.82 Å². The van der Waals surface area contributed by atoms with Crippen molar-refractivity contribution >= 4 is 23.1 Å². The Morgan fingerprint density at radius 2 is 2.19 bits per heavy atom. The summed E-state index contributed by atoms with van der Waals surface area (Å²) in [6.45, 7) is 5.63. The third-order valence-electron chi connectivity index (χ3n) is 4.11. The SMILES string of the molecule is S=C(NCC1CCCO1)N1CCN(c2cccc[nH+]2)CC1. The van der Waals surface area contributed by atoms with Gasteiger partial charge in [-0.05, 0) is 31.1 Å². The molecule has 1 atom stereocenters. The van der Waals surface area contributed by atoms with E-state index in [1.54, 1.807) is 0 Å². The Morgan fingerprint density at radius 1 is 1.33 bits per heavy atom. The van der Waals surface area contributed by atoms with Crippen LogP contribution in [0, 0.1) is 0 Å². The number of pyridine rings is 1. The normalized spacial score (nSPS) is 22.4. The number of ether oxygens (including phenoxy) is 1. The van der Waals surface area contributed by atoms with Gasteiger partial charge >= 0.3 is 0 Å². The molecule has 2 aliphatic heterocycles. The van der Waals surface area contributed by atoms with Crippen molar-refractivity contribution in [2.24, 2.45) is 0 Å². The van der Waals surface area contributed by atoms with E-state index in [0.717, 1.165) is 50.9 Å². The Hall–Kier alpha value is -1.40. The average Bonchev–Trinajstić information content (AvgIpc) is 3.07. The second-order valence-corrected chi connectivity index (χ2v) is 5.93. The molecule has 2 N–H and O–H groups in total. The van der Waals surface area contributed by atoms with Crippen molar-refractivity contribution in [2.75, 3.05) is 44.2 Å². The summed E-state index contributed by atoms with van der Waals surface area (Å²) >= 11 is 5.50. The van der Waals surface area contributed by atoms with Gasteiger partial charge in [0, 0.05) is 19.2 Å². The van der Waals surface area contributed by atoms with Gasteiger partial charge in [0.2, 0.25) is 0 Å². The van der Waals surface area contributed by atoms with Crippen LogP contribution in [0.3, 0.4) is 0 Å². The van der Waals surface area contributed by atoms with Gasteiger partial charge in [-0.15, -0.1) is 0 Å². The van der Waals surface area contributed by atoms with Gasteiger partial charge in [-0.2, -0.15) is 0 Å². The summed E-state index contributed by atoms with van der Waals surface area (Å²) in [5.41, 5.74) is 0. The number of nitrogens with zero attached hydrogens (tertiary/aromatic N) is 2. The van der Waals surface area contributed by atoms with Crippen molar-refractivity contribution in [3.05, 3.63) is 24.4 Å². The topological polar surface area (TPSA) is 41.9 Å². The number of nitrogens with one attached hydrogen (secondary N) is 2. The Morgan fingerprint density at radius 3 is 2.86 bits per heavy atom. The predicted octanol–water partition coefficient (Wildman–Crippen LogP) is 0.676. The zero-order valence-corrected chi connectivity index (χ0v) is 13.1. The number of aromatic amines is 1. The minimum Gasteiger partial charge on any atom is -0.376 e. The summed E-state index contributed by atoms with van der Waals surface area (Å²) in [6.07, 6.45) is 4.62. The molecule has 0 spiro atoms. The summed E-state index contributed by atoms with van der Waals surface area (Å²) in [5, 5.41) is 4.22. The molecule has 2 saturated heterocycles. The smallest absolute Gasteiger partial charge is 0.274 e. The number of aromatic nitrogens is 1. The summed E-state index contributed by atoms with van der Waals surface area (Å²) in [6, 6.07) is 6.18. The molecule has 1 unspecified atom stereocenters. The second kappa shape index (κ2) is 7.04. The lowest BCUT2D eigenvalue weighted by molar-refractivity contribution is -0.364. The van der Waals surface area contributed by atoms with Gasteiger partial charge < -0.3 is 15.0 Å². The highest BCUT2D eigenvalue weighted by atomic mass is 32.1. The van der Waals surface area contributed by atoms with Crippen LogP contribution in [-0.2, 0) is 4.74 Å². The first-order valence-corrected chi connectivity index (χ1v) is 8.10. The maximum atomic E-state index is 5.61. The summed E-state index contributed by atoms with van der Waals surface area (Å²) < 4.78 is 5.61. The van der Waals surface area contributed by atoms with Gasteiger partial charge in [-0.25, -0.2) is 4.98 Å². The molecule has 6 heteroatoms. The van der Waals surface area contributed by atoms with E-state index in [1.165, 1.54) is 12.2 Å². The van der Waals surface area contributed by atoms with Gasteiger partial charge in [0.05, 0.1) is 25.4 Å². The van der Waals surface area contributed by atoms with Crippen molar-refractivity contribution in [3.63, 3.8) is 0 Å². The molecule has 0 saturated carbocycles. The van der Waals surface area contributed by atoms with Gasteiger partial charge in [-0.3, -0.25) is 4.90 Å². The van der Waals surface area contributed by atoms with Crippen LogP contribution in [0.5, 0.6) is 0 Å². The lowest BCUT2D eigenvalue weighted by Crippen LogP contribution is -2.53. The van der Waals surface area contributed by atoms with E-state index < -0.39 is 0 Å². The Kier molecular flexibility index (Phi) is 4.87. The van der Waals surface area contributed by atoms with E-state index in [4.69, 9.17) is 17.0 Å². The van der Waals surface area contributed by atoms with E-state index in [0.29, 0.717) is 6.10 Å². The minimum atomic E-state index is 0.336. The fourth-order valence-electron chi connectivity index (χ4n) is 2.85. The van der Waals surface area contributed by atoms with Crippen LogP contribution in [0.25, 0.3) is 0 Å². The quantitative estimate of drug-likeness (QED) is 0.832. The molecule has 5 nitrogen and oxygen atoms in total. The fourth-order valence-corrected chi connectivity index (χ4v) is 3.12. The van der Waals surface area contributed by atoms with Crippen molar-refractivity contribution < 1.29 is 9.72 Å². The monoisotopic (exact) mass is 307 g/mol. The predicted molar refractivity (Wildman–Crippen MR) is 86.4 cm³/mol. The number of hydrogen-bond acceptors (Lipinski definition) is 3. The molecule has 3 heterocycles. The number of hydrogen-bond donors (Lipinski definition) is 1. The summed E-state index contributed by atoms with van der Waals surface area (Å²) in [4.78, 5) is 7.90. The van der Waals surface area contributed by atoms with E-state index in [9.17, 15) is 0 Å². The van der Waals surface area contributed by atoms with Crippen LogP contribution in [0.15, 0.2) is 24.4 Å². The third-order valence-corrected chi connectivity index (χ3v) is 4.51. The first kappa shape index (κ1) is 14.5. The second-order valence-electron chi connectivity index (χ2n) is 5.54. The molecule has 2 aliphatic rings. The lowest BCUT2D eigenvalue weighted by Gasteiger charge is -2.33. The molecule has 0 aromatic carbocycles. The van der Waals surface area contributed by atoms with Crippen molar-refractivity contribution in [3.8, 4) is 0 Å². The van der Waals surface area contributed by atoms with Gasteiger partial charge in [0.15, 0.2) is 5.11 Å². The molecule has 3 rings (SSSR count). The van der Waals surface area contributed by atoms with E-state index in [-0.39, 0.29) is 0 Å². The Balaban J connectivity index is 1.43. The highest BCUT2D eigenvalue weighted by Crippen LogP contribution is 2.12. The summed E-state index contributed by atoms with van der Waals surface area (Å²) in [7, 11) is 0. The highest BCUT2D eigenvalue weighted by molar-refractivity contribution is 7.80. The molecule has 0 radical (unpaired) electrons. The van der Waals surface area contributed by atoms with Crippen molar-refractivity contribution in [1.82, 2.24) is 10.2 Å². The molecular formula is C15H23N4OS+. The summed E-state index contributed by atoms with van der Waals surface area (Å²) in [5.74, 6) is 1.18. The van der Waals surface area contributed by atoms with Crippen LogP contribution >= 0.6 is 12.2 Å². The van der Waals surface area contributed by atoms with Gasteiger partial charge in [0.1, 0.15) is 13.1 Å². The molecule has 21 heavy (non-hydrogen) atoms. The first-order valence-electron chi connectivity index (χ1n) is 7.69. The molecular weight excluding hydrogens is 284 g/mol. The van der Waals surface area contributed by atoms with Crippen LogP contribution < -0.4 is 15.2 Å². The molecule has 114 valence electrons. The molecule has 1 aromatic rings. The zero-order chi connectivity index (χ0) is 14.5. The number of piperazine rings is 1. The first-order chi connectivity index (χ1) is 10.3. The van der Waals surface area contributed by atoms with E-state index in [1.807, 2.05) is 12.3 Å². The molecule has 2 fully saturated rings. The molecule has 0 amide bonds. The van der Waals surface area contributed by atoms with Crippen molar-refractivity contribution in [2.45, 2.75) is 18.9 Å². The zero-order valence-electron chi connectivity index (χ0n) is 12.3. The number of anilines is 1. The van der Waals surface area contributed by atoms with Crippen LogP contribution in [0.2, 0.25) is 0 Å². The maximum Gasteiger partial charge on any atom is 0.274 e. The Bertz CT molecular complexity index is 456.